The second kappa shape index (κ2) is 8.72. The Morgan fingerprint density at radius 2 is 2.00 bits per heavy atom. The van der Waals surface area contributed by atoms with E-state index in [9.17, 15) is 4.79 Å². The maximum Gasteiger partial charge on any atom is 0.224 e. The first kappa shape index (κ1) is 17.5. The second-order valence-corrected chi connectivity index (χ2v) is 6.42. The molecule has 1 N–H and O–H groups in total. The van der Waals surface area contributed by atoms with Gasteiger partial charge in [-0.25, -0.2) is 0 Å². The number of methoxy groups -OCH3 is 1. The van der Waals surface area contributed by atoms with Gasteiger partial charge in [0.15, 0.2) is 0 Å². The molecule has 5 nitrogen and oxygen atoms in total. The Morgan fingerprint density at radius 1 is 1.20 bits per heavy atom. The number of amides is 1. The normalized spacial score (nSPS) is 16.4. The molecule has 0 radical (unpaired) electrons. The summed E-state index contributed by atoms with van der Waals surface area (Å²) in [6.07, 6.45) is 5.69. The number of likely N-dealkylation sites (tertiary alicyclic amines) is 1. The van der Waals surface area contributed by atoms with Gasteiger partial charge in [-0.05, 0) is 44.1 Å². The number of benzene rings is 1. The number of piperidine rings is 1. The molecule has 0 bridgehead atoms. The van der Waals surface area contributed by atoms with E-state index < -0.39 is 0 Å². The monoisotopic (exact) mass is 342 g/mol. The smallest absolute Gasteiger partial charge is 0.224 e. The van der Waals surface area contributed by atoms with Gasteiger partial charge in [-0.2, -0.15) is 0 Å². The summed E-state index contributed by atoms with van der Waals surface area (Å²) in [5.41, 5.74) is 0.898. The fraction of sp³-hybridized carbons (Fsp3) is 0.450. The van der Waals surface area contributed by atoms with Gasteiger partial charge >= 0.3 is 0 Å². The zero-order chi connectivity index (χ0) is 17.5. The van der Waals surface area contributed by atoms with E-state index in [0.29, 0.717) is 13.0 Å². The molecular formula is C20H26N2O3. The average Bonchev–Trinajstić information content (AvgIpc) is 3.18. The highest BCUT2D eigenvalue weighted by molar-refractivity contribution is 5.79. The molecule has 0 aliphatic carbocycles. The lowest BCUT2D eigenvalue weighted by Crippen LogP contribution is -2.40. The molecule has 1 saturated heterocycles. The average molecular weight is 342 g/mol. The molecule has 1 aromatic heterocycles. The third-order valence-corrected chi connectivity index (χ3v) is 4.74. The van der Waals surface area contributed by atoms with Crippen LogP contribution < -0.4 is 10.1 Å². The minimum Gasteiger partial charge on any atom is -0.496 e. The van der Waals surface area contributed by atoms with Crippen molar-refractivity contribution in [2.75, 3.05) is 26.7 Å². The first-order chi connectivity index (χ1) is 12.3. The van der Waals surface area contributed by atoms with Crippen molar-refractivity contribution in [1.29, 1.82) is 0 Å². The molecular weight excluding hydrogens is 316 g/mol. The van der Waals surface area contributed by atoms with Gasteiger partial charge in [0.2, 0.25) is 5.91 Å². The number of carbonyl (C=O) groups excluding carboxylic acids is 1. The Labute approximate surface area is 149 Å². The lowest BCUT2D eigenvalue weighted by molar-refractivity contribution is -0.120. The summed E-state index contributed by atoms with van der Waals surface area (Å²) in [5, 5.41) is 3.07. The maximum absolute atomic E-state index is 12.4. The molecule has 2 aromatic rings. The van der Waals surface area contributed by atoms with Crippen molar-refractivity contribution in [1.82, 2.24) is 10.2 Å². The van der Waals surface area contributed by atoms with Gasteiger partial charge in [0.05, 0.1) is 25.8 Å². The van der Waals surface area contributed by atoms with Gasteiger partial charge in [-0.1, -0.05) is 24.6 Å². The quantitative estimate of drug-likeness (QED) is 0.840. The van der Waals surface area contributed by atoms with Crippen molar-refractivity contribution >= 4 is 5.91 Å². The third-order valence-electron chi connectivity index (χ3n) is 4.74. The van der Waals surface area contributed by atoms with Crippen LogP contribution in [0.25, 0.3) is 0 Å². The van der Waals surface area contributed by atoms with Crippen LogP contribution in [0.3, 0.4) is 0 Å². The van der Waals surface area contributed by atoms with Crippen LogP contribution in [0.2, 0.25) is 0 Å². The number of hydrogen-bond acceptors (Lipinski definition) is 4. The number of rotatable bonds is 7. The van der Waals surface area contributed by atoms with E-state index in [1.807, 2.05) is 36.4 Å². The molecule has 134 valence electrons. The minimum absolute atomic E-state index is 0.00179. The number of nitrogens with zero attached hydrogens (tertiary/aromatic N) is 1. The van der Waals surface area contributed by atoms with Crippen molar-refractivity contribution in [2.24, 2.45) is 0 Å². The van der Waals surface area contributed by atoms with E-state index in [-0.39, 0.29) is 11.9 Å². The predicted octanol–water partition coefficient (Wildman–Crippen LogP) is 3.17. The van der Waals surface area contributed by atoms with Crippen LogP contribution in [-0.4, -0.2) is 37.6 Å². The maximum atomic E-state index is 12.4. The predicted molar refractivity (Wildman–Crippen MR) is 96.6 cm³/mol. The van der Waals surface area contributed by atoms with Gasteiger partial charge < -0.3 is 14.5 Å². The topological polar surface area (TPSA) is 54.7 Å². The van der Waals surface area contributed by atoms with E-state index in [1.165, 1.54) is 19.3 Å². The highest BCUT2D eigenvalue weighted by atomic mass is 16.5. The Kier molecular flexibility index (Phi) is 6.12. The summed E-state index contributed by atoms with van der Waals surface area (Å²) >= 11 is 0. The van der Waals surface area contributed by atoms with Crippen LogP contribution in [0.15, 0.2) is 47.1 Å². The summed E-state index contributed by atoms with van der Waals surface area (Å²) in [4.78, 5) is 14.8. The summed E-state index contributed by atoms with van der Waals surface area (Å²) in [7, 11) is 1.63. The van der Waals surface area contributed by atoms with E-state index in [0.717, 1.165) is 30.2 Å². The number of ether oxygens (including phenoxy) is 1. The second-order valence-electron chi connectivity index (χ2n) is 6.42. The fourth-order valence-electron chi connectivity index (χ4n) is 3.42. The molecule has 1 aliphatic heterocycles. The molecule has 1 fully saturated rings. The fourth-order valence-corrected chi connectivity index (χ4v) is 3.42. The molecule has 1 aliphatic rings. The molecule has 0 saturated carbocycles. The van der Waals surface area contributed by atoms with Gasteiger partial charge in [0.25, 0.3) is 0 Å². The summed E-state index contributed by atoms with van der Waals surface area (Å²) in [5.74, 6) is 1.66. The first-order valence-electron chi connectivity index (χ1n) is 8.94. The lowest BCUT2D eigenvalue weighted by Gasteiger charge is -2.33. The zero-order valence-corrected chi connectivity index (χ0v) is 14.7. The Morgan fingerprint density at radius 3 is 2.72 bits per heavy atom. The van der Waals surface area contributed by atoms with Gasteiger partial charge in [0.1, 0.15) is 11.5 Å². The molecule has 25 heavy (non-hydrogen) atoms. The van der Waals surface area contributed by atoms with Crippen molar-refractivity contribution in [3.05, 3.63) is 54.0 Å². The molecule has 0 spiro atoms. The number of carbonyl (C=O) groups is 1. The summed E-state index contributed by atoms with van der Waals surface area (Å²) in [6.45, 7) is 2.66. The number of hydrogen-bond donors (Lipinski definition) is 1. The van der Waals surface area contributed by atoms with Gasteiger partial charge in [0, 0.05) is 12.1 Å². The highest BCUT2D eigenvalue weighted by Gasteiger charge is 2.25. The highest BCUT2D eigenvalue weighted by Crippen LogP contribution is 2.24. The molecule has 1 aromatic carbocycles. The van der Waals surface area contributed by atoms with Crippen LogP contribution in [0, 0.1) is 0 Å². The molecule has 0 unspecified atom stereocenters. The lowest BCUT2D eigenvalue weighted by atomic mass is 10.1. The molecule has 2 heterocycles. The van der Waals surface area contributed by atoms with Crippen molar-refractivity contribution in [3.63, 3.8) is 0 Å². The van der Waals surface area contributed by atoms with Crippen LogP contribution in [0.5, 0.6) is 5.75 Å². The molecule has 1 atom stereocenters. The SMILES string of the molecule is COc1ccccc1CC(=O)NC[C@@H](c1ccco1)N1CCCCC1. The minimum atomic E-state index is -0.00179. The van der Waals surface area contributed by atoms with Gasteiger partial charge in [-0.15, -0.1) is 0 Å². The van der Waals surface area contributed by atoms with Crippen molar-refractivity contribution < 1.29 is 13.9 Å². The Balaban J connectivity index is 1.61. The molecule has 5 heteroatoms. The van der Waals surface area contributed by atoms with E-state index in [1.54, 1.807) is 13.4 Å². The Hall–Kier alpha value is -2.27. The van der Waals surface area contributed by atoms with Crippen LogP contribution in [-0.2, 0) is 11.2 Å². The number of furan rings is 1. The van der Waals surface area contributed by atoms with Crippen molar-refractivity contribution in [3.8, 4) is 5.75 Å². The van der Waals surface area contributed by atoms with Crippen molar-refractivity contribution in [2.45, 2.75) is 31.7 Å². The first-order valence-corrected chi connectivity index (χ1v) is 8.94. The summed E-state index contributed by atoms with van der Waals surface area (Å²) < 4.78 is 10.9. The van der Waals surface area contributed by atoms with Crippen LogP contribution >= 0.6 is 0 Å². The standard InChI is InChI=1S/C20H26N2O3/c1-24-18-9-4-3-8-16(18)14-20(23)21-15-17(19-10-7-13-25-19)22-11-5-2-6-12-22/h3-4,7-10,13,17H,2,5-6,11-12,14-15H2,1H3,(H,21,23)/t17-/m0/s1. The largest absolute Gasteiger partial charge is 0.496 e. The van der Waals surface area contributed by atoms with E-state index >= 15 is 0 Å². The number of nitrogens with one attached hydrogen (secondary N) is 1. The molecule has 3 rings (SSSR count). The Bertz CT molecular complexity index is 663. The summed E-state index contributed by atoms with van der Waals surface area (Å²) in [6, 6.07) is 11.6. The molecule has 1 amide bonds. The van der Waals surface area contributed by atoms with E-state index in [4.69, 9.17) is 9.15 Å². The van der Waals surface area contributed by atoms with Crippen LogP contribution in [0.4, 0.5) is 0 Å². The van der Waals surface area contributed by atoms with E-state index in [2.05, 4.69) is 10.2 Å². The number of para-hydroxylation sites is 1. The zero-order valence-electron chi connectivity index (χ0n) is 14.7. The van der Waals surface area contributed by atoms with Crippen LogP contribution in [0.1, 0.15) is 36.6 Å². The van der Waals surface area contributed by atoms with Gasteiger partial charge in [-0.3, -0.25) is 9.69 Å². The third kappa shape index (κ3) is 4.63.